The number of hydrazone groups is 1. The van der Waals surface area contributed by atoms with Crippen molar-refractivity contribution >= 4 is 44.1 Å². The molecule has 1 aromatic carbocycles. The summed E-state index contributed by atoms with van der Waals surface area (Å²) in [6, 6.07) is 4.90. The normalized spacial score (nSPS) is 12.4. The molecule has 2 aromatic heterocycles. The maximum Gasteiger partial charge on any atom is 0.417 e. The van der Waals surface area contributed by atoms with Crippen molar-refractivity contribution in [2.24, 2.45) is 5.10 Å². The van der Waals surface area contributed by atoms with Crippen LogP contribution in [0.3, 0.4) is 0 Å². The number of aromatic nitrogens is 1. The molecule has 3 rings (SSSR count). The Balaban J connectivity index is 1.85. The number of aryl methyl sites for hydroxylation is 1. The highest BCUT2D eigenvalue weighted by Gasteiger charge is 2.33. The van der Waals surface area contributed by atoms with E-state index in [4.69, 9.17) is 0 Å². The van der Waals surface area contributed by atoms with Gasteiger partial charge in [0.05, 0.1) is 17.5 Å². The van der Waals surface area contributed by atoms with E-state index in [9.17, 15) is 13.2 Å². The molecule has 0 atom stereocenters. The predicted molar refractivity (Wildman–Crippen MR) is 84.9 cm³/mol. The first kappa shape index (κ1) is 15.0. The summed E-state index contributed by atoms with van der Waals surface area (Å²) in [7, 11) is 0. The molecule has 0 radical (unpaired) electrons. The van der Waals surface area contributed by atoms with E-state index >= 15 is 0 Å². The monoisotopic (exact) mass is 341 g/mol. The van der Waals surface area contributed by atoms with E-state index < -0.39 is 11.7 Å². The Morgan fingerprint density at radius 2 is 2.05 bits per heavy atom. The maximum absolute atomic E-state index is 12.9. The van der Waals surface area contributed by atoms with Crippen molar-refractivity contribution in [1.82, 2.24) is 4.98 Å². The van der Waals surface area contributed by atoms with Gasteiger partial charge in [-0.25, -0.2) is 4.98 Å². The van der Waals surface area contributed by atoms with Crippen LogP contribution >= 0.6 is 22.7 Å². The van der Waals surface area contributed by atoms with Crippen molar-refractivity contribution in [3.8, 4) is 0 Å². The molecule has 0 aliphatic heterocycles. The molecular formula is C14H10F3N3S2. The van der Waals surface area contributed by atoms with Gasteiger partial charge in [0.1, 0.15) is 0 Å². The van der Waals surface area contributed by atoms with E-state index in [0.29, 0.717) is 15.4 Å². The Labute approximate surface area is 132 Å². The lowest BCUT2D eigenvalue weighted by Gasteiger charge is -2.04. The van der Waals surface area contributed by atoms with Crippen LogP contribution in [-0.4, -0.2) is 11.2 Å². The third-order valence-corrected chi connectivity index (χ3v) is 4.72. The maximum atomic E-state index is 12.9. The van der Waals surface area contributed by atoms with Crippen LogP contribution in [0.5, 0.6) is 0 Å². The highest BCUT2D eigenvalue weighted by atomic mass is 32.1. The van der Waals surface area contributed by atoms with E-state index in [1.165, 1.54) is 23.6 Å². The summed E-state index contributed by atoms with van der Waals surface area (Å²) in [5.74, 6) is 0. The lowest BCUT2D eigenvalue weighted by atomic mass is 10.1. The third kappa shape index (κ3) is 3.12. The molecule has 3 nitrogen and oxygen atoms in total. The van der Waals surface area contributed by atoms with Gasteiger partial charge in [0.15, 0.2) is 0 Å². The first-order valence-corrected chi connectivity index (χ1v) is 7.99. The Kier molecular flexibility index (Phi) is 3.88. The minimum atomic E-state index is -4.34. The van der Waals surface area contributed by atoms with Gasteiger partial charge in [0.25, 0.3) is 0 Å². The topological polar surface area (TPSA) is 37.3 Å². The summed E-state index contributed by atoms with van der Waals surface area (Å²) in [5, 5.41) is 7.86. The van der Waals surface area contributed by atoms with Crippen molar-refractivity contribution in [2.45, 2.75) is 13.1 Å². The number of alkyl halides is 3. The largest absolute Gasteiger partial charge is 0.417 e. The second-order valence-corrected chi connectivity index (χ2v) is 6.34. The summed E-state index contributed by atoms with van der Waals surface area (Å²) < 4.78 is 39.3. The molecule has 0 spiro atoms. The van der Waals surface area contributed by atoms with Crippen LogP contribution in [0.4, 0.5) is 18.3 Å². The third-order valence-electron chi connectivity index (χ3n) is 2.90. The van der Waals surface area contributed by atoms with Crippen LogP contribution in [0, 0.1) is 6.92 Å². The highest BCUT2D eigenvalue weighted by molar-refractivity contribution is 7.17. The molecule has 0 aliphatic carbocycles. The van der Waals surface area contributed by atoms with Gasteiger partial charge in [-0.05, 0) is 24.6 Å². The second-order valence-electron chi connectivity index (χ2n) is 4.57. The van der Waals surface area contributed by atoms with Crippen molar-refractivity contribution in [1.29, 1.82) is 0 Å². The zero-order valence-electron chi connectivity index (χ0n) is 11.3. The van der Waals surface area contributed by atoms with Gasteiger partial charge in [-0.1, -0.05) is 6.07 Å². The first-order chi connectivity index (χ1) is 10.4. The summed E-state index contributed by atoms with van der Waals surface area (Å²) in [4.78, 5) is 4.18. The van der Waals surface area contributed by atoms with Crippen LogP contribution < -0.4 is 5.43 Å². The van der Waals surface area contributed by atoms with Crippen molar-refractivity contribution in [3.63, 3.8) is 0 Å². The fraction of sp³-hybridized carbons (Fsp3) is 0.143. The van der Waals surface area contributed by atoms with E-state index in [1.807, 2.05) is 12.3 Å². The molecule has 0 fully saturated rings. The van der Waals surface area contributed by atoms with Crippen molar-refractivity contribution in [3.05, 3.63) is 45.8 Å². The second kappa shape index (κ2) is 5.69. The van der Waals surface area contributed by atoms with Crippen LogP contribution in [0.15, 0.2) is 34.1 Å². The van der Waals surface area contributed by atoms with E-state index in [2.05, 4.69) is 15.5 Å². The van der Waals surface area contributed by atoms with Crippen LogP contribution in [0.25, 0.3) is 10.1 Å². The first-order valence-electron chi connectivity index (χ1n) is 6.23. The number of fused-ring (bicyclic) bond motifs is 1. The smallest absolute Gasteiger partial charge is 0.253 e. The molecule has 1 N–H and O–H groups in total. The van der Waals surface area contributed by atoms with Crippen molar-refractivity contribution < 1.29 is 13.2 Å². The molecule has 0 amide bonds. The molecule has 0 bridgehead atoms. The average Bonchev–Trinajstić information content (AvgIpc) is 3.04. The lowest BCUT2D eigenvalue weighted by Crippen LogP contribution is -2.03. The Bertz CT molecular complexity index is 833. The van der Waals surface area contributed by atoms with Gasteiger partial charge in [-0.2, -0.15) is 18.3 Å². The highest BCUT2D eigenvalue weighted by Crippen LogP contribution is 2.38. The summed E-state index contributed by atoms with van der Waals surface area (Å²) in [6.45, 7) is 1.87. The molecule has 2 heterocycles. The molecule has 0 saturated carbocycles. The number of thiazole rings is 1. The molecule has 114 valence electrons. The standard InChI is InChI=1S/C14H10F3N3S2/c1-8-6-22-13(19-8)20-18-5-9-2-3-12-10(4-9)11(7-21-12)14(15,16)17/h2-7H,1H3,(H,19,20). The van der Waals surface area contributed by atoms with Gasteiger partial charge in [0, 0.05) is 20.8 Å². The van der Waals surface area contributed by atoms with E-state index in [0.717, 1.165) is 22.4 Å². The number of benzene rings is 1. The molecule has 8 heteroatoms. The number of rotatable bonds is 3. The minimum Gasteiger partial charge on any atom is -0.253 e. The number of halogens is 3. The van der Waals surface area contributed by atoms with Gasteiger partial charge >= 0.3 is 6.18 Å². The fourth-order valence-corrected chi connectivity index (χ4v) is 3.50. The summed E-state index contributed by atoms with van der Waals surface area (Å²) in [5.41, 5.74) is 3.63. The SMILES string of the molecule is Cc1csc(NN=Cc2ccc3scc(C(F)(F)F)c3c2)n1. The number of nitrogens with one attached hydrogen (secondary N) is 1. The quantitative estimate of drug-likeness (QED) is 0.529. The minimum absolute atomic E-state index is 0.201. The number of hydrogen-bond acceptors (Lipinski definition) is 5. The Morgan fingerprint density at radius 1 is 1.23 bits per heavy atom. The predicted octanol–water partition coefficient (Wildman–Crippen LogP) is 5.13. The number of thiophene rings is 1. The van der Waals surface area contributed by atoms with Crippen LogP contribution in [-0.2, 0) is 6.18 Å². The summed E-state index contributed by atoms with van der Waals surface area (Å²) >= 11 is 2.50. The Hall–Kier alpha value is -1.93. The number of anilines is 1. The van der Waals surface area contributed by atoms with Crippen molar-refractivity contribution in [2.75, 3.05) is 5.43 Å². The molecular weight excluding hydrogens is 331 g/mol. The van der Waals surface area contributed by atoms with Crippen LogP contribution in [0.1, 0.15) is 16.8 Å². The zero-order valence-corrected chi connectivity index (χ0v) is 12.9. The molecule has 22 heavy (non-hydrogen) atoms. The molecule has 3 aromatic rings. The number of hydrogen-bond donors (Lipinski definition) is 1. The zero-order chi connectivity index (χ0) is 15.7. The molecule has 0 saturated heterocycles. The van der Waals surface area contributed by atoms with Gasteiger partial charge in [-0.3, -0.25) is 5.43 Å². The number of nitrogens with zero attached hydrogens (tertiary/aromatic N) is 2. The van der Waals surface area contributed by atoms with Gasteiger partial charge < -0.3 is 0 Å². The van der Waals surface area contributed by atoms with Gasteiger partial charge in [0.2, 0.25) is 5.13 Å². The van der Waals surface area contributed by atoms with E-state index in [1.54, 1.807) is 12.1 Å². The molecule has 0 unspecified atom stereocenters. The summed E-state index contributed by atoms with van der Waals surface area (Å²) in [6.07, 6.45) is -2.86. The van der Waals surface area contributed by atoms with Gasteiger partial charge in [-0.15, -0.1) is 22.7 Å². The Morgan fingerprint density at radius 3 is 2.73 bits per heavy atom. The van der Waals surface area contributed by atoms with E-state index in [-0.39, 0.29) is 5.39 Å². The lowest BCUT2D eigenvalue weighted by molar-refractivity contribution is -0.136. The fourth-order valence-electron chi connectivity index (χ4n) is 1.91. The average molecular weight is 341 g/mol. The van der Waals surface area contributed by atoms with Crippen LogP contribution in [0.2, 0.25) is 0 Å². The molecule has 0 aliphatic rings.